The second-order valence-corrected chi connectivity index (χ2v) is 14.5. The molecule has 14 heteroatoms. The average molecular weight is 741 g/mol. The second kappa shape index (κ2) is 20.7. The lowest BCUT2D eigenvalue weighted by Crippen LogP contribution is -2.56. The maximum absolute atomic E-state index is 14.7. The van der Waals surface area contributed by atoms with E-state index in [1.54, 1.807) is 23.3 Å². The van der Waals surface area contributed by atoms with Gasteiger partial charge in [0.25, 0.3) is 0 Å². The first-order valence-electron chi connectivity index (χ1n) is 17.8. The summed E-state index contributed by atoms with van der Waals surface area (Å²) in [6.45, 7) is 12.5. The molecular weight excluding hydrogens is 685 g/mol. The van der Waals surface area contributed by atoms with Crippen molar-refractivity contribution in [3.63, 3.8) is 0 Å². The minimum atomic E-state index is -1.02. The van der Waals surface area contributed by atoms with E-state index in [2.05, 4.69) is 16.1 Å². The Morgan fingerprint density at radius 2 is 1.60 bits per heavy atom. The Bertz CT molecular complexity index is 1570. The number of nitrogens with one attached hydrogen (secondary N) is 3. The fourth-order valence-corrected chi connectivity index (χ4v) is 6.80. The predicted octanol–water partition coefficient (Wildman–Crippen LogP) is 5.80. The molecule has 0 aliphatic heterocycles. The summed E-state index contributed by atoms with van der Waals surface area (Å²) in [7, 11) is 1.57. The van der Waals surface area contributed by atoms with Gasteiger partial charge in [0.15, 0.2) is 6.29 Å². The number of thiophene rings is 1. The maximum atomic E-state index is 14.7. The number of unbranched alkanes of at least 4 members (excludes halogenated alkanes) is 1. The summed E-state index contributed by atoms with van der Waals surface area (Å²) in [6.07, 6.45) is -0.509. The predicted molar refractivity (Wildman–Crippen MR) is 204 cm³/mol. The molecule has 0 saturated heterocycles. The molecule has 286 valence electrons. The maximum Gasteiger partial charge on any atom is 0.407 e. The molecule has 0 fully saturated rings. The van der Waals surface area contributed by atoms with Crippen molar-refractivity contribution in [2.24, 2.45) is 0 Å². The molecule has 0 bridgehead atoms. The first-order valence-corrected chi connectivity index (χ1v) is 18.7. The molecule has 2 unspecified atom stereocenters. The number of carbonyl (C=O) groups excluding carboxylic acids is 3. The van der Waals surface area contributed by atoms with E-state index >= 15 is 0 Å². The molecule has 13 nitrogen and oxygen atoms in total. The molecule has 2 atom stereocenters. The Morgan fingerprint density at radius 3 is 2.23 bits per heavy atom. The number of carboxylic acid groups (broad SMARTS) is 1. The van der Waals surface area contributed by atoms with Crippen molar-refractivity contribution in [2.45, 2.75) is 97.8 Å². The topological polar surface area (TPSA) is 153 Å². The van der Waals surface area contributed by atoms with Gasteiger partial charge >= 0.3 is 12.1 Å². The molecule has 3 aromatic rings. The fraction of sp³-hybridized carbons (Fsp3) is 0.526. The number of ether oxygens (including phenoxy) is 2. The van der Waals surface area contributed by atoms with Gasteiger partial charge in [-0.15, -0.1) is 11.3 Å². The molecule has 0 aliphatic rings. The van der Waals surface area contributed by atoms with Gasteiger partial charge in [0.1, 0.15) is 6.04 Å². The molecule has 5 amide bonds. The highest BCUT2D eigenvalue weighted by molar-refractivity contribution is 7.17. The second-order valence-electron chi connectivity index (χ2n) is 13.6. The Hall–Kier alpha value is -4.24. The average Bonchev–Trinajstić information content (AvgIpc) is 3.50. The van der Waals surface area contributed by atoms with Crippen molar-refractivity contribution in [3.05, 3.63) is 71.1 Å². The largest absolute Gasteiger partial charge is 0.465 e. The van der Waals surface area contributed by atoms with E-state index in [1.165, 1.54) is 9.91 Å². The minimum absolute atomic E-state index is 0.218. The van der Waals surface area contributed by atoms with Crippen LogP contribution in [0.25, 0.3) is 10.1 Å². The summed E-state index contributed by atoms with van der Waals surface area (Å²) in [4.78, 5) is 55.7. The van der Waals surface area contributed by atoms with Gasteiger partial charge in [-0.05, 0) is 88.8 Å². The van der Waals surface area contributed by atoms with Crippen LogP contribution in [0.15, 0.2) is 60.0 Å². The summed E-state index contributed by atoms with van der Waals surface area (Å²) in [5.41, 5.74) is 3.94. The van der Waals surface area contributed by atoms with E-state index in [0.717, 1.165) is 21.2 Å². The lowest BCUT2D eigenvalue weighted by atomic mass is 10.0. The fourth-order valence-electron chi connectivity index (χ4n) is 5.84. The molecule has 4 N–H and O–H groups in total. The zero-order valence-corrected chi connectivity index (χ0v) is 32.3. The van der Waals surface area contributed by atoms with Crippen LogP contribution in [0, 0.1) is 0 Å². The van der Waals surface area contributed by atoms with Gasteiger partial charge < -0.3 is 35.0 Å². The van der Waals surface area contributed by atoms with Gasteiger partial charge in [-0.2, -0.15) is 0 Å². The van der Waals surface area contributed by atoms with Crippen LogP contribution in [0.4, 0.5) is 9.59 Å². The van der Waals surface area contributed by atoms with Gasteiger partial charge in [-0.3, -0.25) is 15.0 Å². The Labute approximate surface area is 311 Å². The van der Waals surface area contributed by atoms with Crippen LogP contribution in [0.5, 0.6) is 0 Å². The quantitative estimate of drug-likeness (QED) is 0.0645. The van der Waals surface area contributed by atoms with Crippen LogP contribution in [0.1, 0.15) is 71.9 Å². The van der Waals surface area contributed by atoms with Gasteiger partial charge in [-0.25, -0.2) is 14.6 Å². The van der Waals surface area contributed by atoms with Gasteiger partial charge in [-0.1, -0.05) is 48.5 Å². The highest BCUT2D eigenvalue weighted by Crippen LogP contribution is 2.28. The van der Waals surface area contributed by atoms with Crippen molar-refractivity contribution in [1.82, 2.24) is 30.9 Å². The van der Waals surface area contributed by atoms with Crippen molar-refractivity contribution in [2.75, 3.05) is 33.4 Å². The van der Waals surface area contributed by atoms with Crippen LogP contribution >= 0.6 is 11.3 Å². The monoisotopic (exact) mass is 740 g/mol. The lowest BCUT2D eigenvalue weighted by molar-refractivity contribution is -0.179. The third kappa shape index (κ3) is 13.1. The number of likely N-dealkylation sites (N-methyl/N-ethyl adjacent to an activating group) is 1. The molecule has 1 heterocycles. The minimum Gasteiger partial charge on any atom is -0.465 e. The molecule has 52 heavy (non-hydrogen) atoms. The number of amides is 5. The highest BCUT2D eigenvalue weighted by Gasteiger charge is 2.34. The number of carbonyl (C=O) groups is 4. The molecule has 1 aromatic heterocycles. The van der Waals surface area contributed by atoms with Crippen molar-refractivity contribution < 1.29 is 33.8 Å². The van der Waals surface area contributed by atoms with Crippen LogP contribution in [-0.2, 0) is 32.2 Å². The summed E-state index contributed by atoms with van der Waals surface area (Å²) >= 11 is 1.60. The standard InChI is InChI=1S/C38H56N6O7S/c1-8-50-35(51-9-2)27(3)43(24-29-26-52-32-21-14-13-19-30(29)32)34(46)31(20-15-16-22-44(37(48)49)38(4,5)6)40-33(45)25-42(7)41-36(47)39-23-28-17-11-10-12-18-28/h10-14,17-19,21,26-27,31,35H,8-9,15-16,20,22-25H2,1-7H3,(H,40,45)(H,48,49)(H2,39,41,47). The Morgan fingerprint density at radius 1 is 0.942 bits per heavy atom. The smallest absolute Gasteiger partial charge is 0.407 e. The van der Waals surface area contributed by atoms with Crippen molar-refractivity contribution >= 4 is 45.4 Å². The third-order valence-corrected chi connectivity index (χ3v) is 9.51. The van der Waals surface area contributed by atoms with Crippen LogP contribution < -0.4 is 16.1 Å². The van der Waals surface area contributed by atoms with E-state index in [4.69, 9.17) is 9.47 Å². The van der Waals surface area contributed by atoms with E-state index in [9.17, 15) is 24.3 Å². The molecule has 0 spiro atoms. The number of nitrogens with zero attached hydrogens (tertiary/aromatic N) is 3. The first-order chi connectivity index (χ1) is 24.7. The lowest BCUT2D eigenvalue weighted by Gasteiger charge is -2.37. The highest BCUT2D eigenvalue weighted by atomic mass is 32.1. The zero-order valence-electron chi connectivity index (χ0n) is 31.5. The third-order valence-electron chi connectivity index (χ3n) is 8.50. The SMILES string of the molecule is CCOC(OCC)C(C)N(Cc1csc2ccccc12)C(=O)C(CCCCN(C(=O)O)C(C)(C)C)NC(=O)CN(C)NC(=O)NCc1ccccc1. The molecule has 2 aromatic carbocycles. The van der Waals surface area contributed by atoms with E-state index < -0.39 is 41.9 Å². The number of fused-ring (bicyclic) bond motifs is 1. The number of hydrogen-bond donors (Lipinski definition) is 4. The zero-order chi connectivity index (χ0) is 38.3. The van der Waals surface area contributed by atoms with E-state index in [-0.39, 0.29) is 32.0 Å². The van der Waals surface area contributed by atoms with Gasteiger partial charge in [0.2, 0.25) is 11.8 Å². The first kappa shape index (κ1) is 42.2. The Kier molecular flexibility index (Phi) is 16.8. The number of rotatable bonds is 20. The van der Waals surface area contributed by atoms with Crippen molar-refractivity contribution in [1.29, 1.82) is 0 Å². The molecule has 0 radical (unpaired) electrons. The van der Waals surface area contributed by atoms with Crippen molar-refractivity contribution in [3.8, 4) is 0 Å². The number of urea groups is 1. The summed E-state index contributed by atoms with van der Waals surface area (Å²) < 4.78 is 13.0. The van der Waals surface area contributed by atoms with Gasteiger partial charge in [0.05, 0.1) is 12.6 Å². The van der Waals surface area contributed by atoms with E-state index in [1.807, 2.05) is 102 Å². The van der Waals surface area contributed by atoms with E-state index in [0.29, 0.717) is 32.6 Å². The molecule has 0 saturated carbocycles. The van der Waals surface area contributed by atoms with Crippen LogP contribution in [0.2, 0.25) is 0 Å². The number of benzene rings is 2. The molecular formula is C38H56N6O7S. The molecule has 3 rings (SSSR count). The summed E-state index contributed by atoms with van der Waals surface area (Å²) in [6, 6.07) is 15.5. The molecule has 0 aliphatic carbocycles. The van der Waals surface area contributed by atoms with Crippen LogP contribution in [-0.4, -0.2) is 101 Å². The Balaban J connectivity index is 1.82. The summed E-state index contributed by atoms with van der Waals surface area (Å²) in [5, 5.41) is 19.9. The number of hydrazine groups is 1. The van der Waals surface area contributed by atoms with Crippen LogP contribution in [0.3, 0.4) is 0 Å². The number of hydrogen-bond acceptors (Lipinski definition) is 8. The normalized spacial score (nSPS) is 12.8. The summed E-state index contributed by atoms with van der Waals surface area (Å²) in [5.74, 6) is -0.784. The van der Waals surface area contributed by atoms with Gasteiger partial charge in [0, 0.05) is 50.1 Å².